The summed E-state index contributed by atoms with van der Waals surface area (Å²) in [6.45, 7) is 0. The van der Waals surface area contributed by atoms with Crippen LogP contribution in [0.5, 0.6) is 11.5 Å². The molecule has 0 unspecified atom stereocenters. The maximum Gasteiger partial charge on any atom is 0.256 e. The van der Waals surface area contributed by atoms with Crippen molar-refractivity contribution in [1.82, 2.24) is 0 Å². The Hall–Kier alpha value is -2.20. The summed E-state index contributed by atoms with van der Waals surface area (Å²) in [5, 5.41) is 2.99. The molecular weight excluding hydrogens is 198 g/mol. The van der Waals surface area contributed by atoms with Gasteiger partial charge in [0.2, 0.25) is 0 Å². The van der Waals surface area contributed by atoms with Crippen molar-refractivity contribution in [2.75, 3.05) is 14.2 Å². The van der Waals surface area contributed by atoms with Gasteiger partial charge in [0.25, 0.3) is 5.91 Å². The molecule has 1 aromatic carbocycles. The lowest BCUT2D eigenvalue weighted by atomic mass is 10.1. The molecule has 1 rings (SSSR count). The molecule has 1 aromatic rings. The number of hydrogen-bond acceptors (Lipinski definition) is 3. The molecule has 0 saturated heterocycles. The number of nitrogens with zero attached hydrogens (tertiary/aromatic N) is 3. The van der Waals surface area contributed by atoms with E-state index in [1.807, 2.05) is 0 Å². The first-order valence-corrected chi connectivity index (χ1v) is 4.05. The largest absolute Gasteiger partial charge is 0.496 e. The minimum Gasteiger partial charge on any atom is -0.496 e. The van der Waals surface area contributed by atoms with Gasteiger partial charge in [-0.05, 0) is 22.8 Å². The Labute approximate surface area is 86.0 Å². The average Bonchev–Trinajstić information content (AvgIpc) is 2.28. The summed E-state index contributed by atoms with van der Waals surface area (Å²) >= 11 is 0. The van der Waals surface area contributed by atoms with Crippen LogP contribution in [0.25, 0.3) is 10.4 Å². The highest BCUT2D eigenvalue weighted by Crippen LogP contribution is 2.28. The van der Waals surface area contributed by atoms with Crippen molar-refractivity contribution in [2.45, 2.75) is 0 Å². The Morgan fingerprint density at radius 1 is 1.33 bits per heavy atom. The van der Waals surface area contributed by atoms with E-state index in [9.17, 15) is 4.79 Å². The quantitative estimate of drug-likeness (QED) is 0.432. The topological polar surface area (TPSA) is 84.3 Å². The molecule has 0 fully saturated rings. The lowest BCUT2D eigenvalue weighted by Gasteiger charge is -2.09. The third kappa shape index (κ3) is 2.18. The second-order valence-electron chi connectivity index (χ2n) is 2.53. The van der Waals surface area contributed by atoms with E-state index in [4.69, 9.17) is 15.0 Å². The van der Waals surface area contributed by atoms with Gasteiger partial charge in [-0.3, -0.25) is 4.79 Å². The Morgan fingerprint density at radius 3 is 2.27 bits per heavy atom. The van der Waals surface area contributed by atoms with E-state index in [-0.39, 0.29) is 5.56 Å². The summed E-state index contributed by atoms with van der Waals surface area (Å²) in [7, 11) is 2.84. The highest BCUT2D eigenvalue weighted by atomic mass is 16.5. The van der Waals surface area contributed by atoms with Crippen LogP contribution in [0, 0.1) is 0 Å². The van der Waals surface area contributed by atoms with Gasteiger partial charge in [-0.25, -0.2) is 0 Å². The summed E-state index contributed by atoms with van der Waals surface area (Å²) in [6, 6.07) is 4.84. The minimum atomic E-state index is -0.730. The molecule has 0 saturated carbocycles. The maximum atomic E-state index is 11.4. The highest BCUT2D eigenvalue weighted by Gasteiger charge is 2.16. The van der Waals surface area contributed by atoms with Gasteiger partial charge in [0.15, 0.2) is 0 Å². The molecule has 6 nitrogen and oxygen atoms in total. The number of benzene rings is 1. The van der Waals surface area contributed by atoms with Crippen LogP contribution < -0.4 is 9.47 Å². The summed E-state index contributed by atoms with van der Waals surface area (Å²) in [6.07, 6.45) is 0. The van der Waals surface area contributed by atoms with Crippen molar-refractivity contribution in [2.24, 2.45) is 5.11 Å². The molecule has 0 spiro atoms. The normalized spacial score (nSPS) is 8.93. The number of methoxy groups -OCH3 is 2. The summed E-state index contributed by atoms with van der Waals surface area (Å²) in [5.41, 5.74) is 8.31. The van der Waals surface area contributed by atoms with Crippen LogP contribution in [-0.4, -0.2) is 20.1 Å². The summed E-state index contributed by atoms with van der Waals surface area (Å²) in [4.78, 5) is 13.9. The third-order valence-corrected chi connectivity index (χ3v) is 1.78. The number of rotatable bonds is 3. The van der Waals surface area contributed by atoms with Gasteiger partial charge in [-0.2, -0.15) is 0 Å². The van der Waals surface area contributed by atoms with E-state index in [1.54, 1.807) is 18.2 Å². The van der Waals surface area contributed by atoms with Crippen LogP contribution in [-0.2, 0) is 0 Å². The zero-order valence-electron chi connectivity index (χ0n) is 8.30. The second-order valence-corrected chi connectivity index (χ2v) is 2.53. The maximum absolute atomic E-state index is 11.4. The van der Waals surface area contributed by atoms with Gasteiger partial charge >= 0.3 is 0 Å². The fraction of sp³-hybridized carbons (Fsp3) is 0.222. The van der Waals surface area contributed by atoms with Gasteiger partial charge in [-0.15, -0.1) is 0 Å². The smallest absolute Gasteiger partial charge is 0.256 e. The molecule has 0 heterocycles. The van der Waals surface area contributed by atoms with Crippen molar-refractivity contribution in [3.63, 3.8) is 0 Å². The summed E-state index contributed by atoms with van der Waals surface area (Å²) < 4.78 is 9.94. The van der Waals surface area contributed by atoms with E-state index in [1.165, 1.54) is 14.2 Å². The monoisotopic (exact) mass is 207 g/mol. The van der Waals surface area contributed by atoms with Crippen LogP contribution in [0.15, 0.2) is 23.3 Å². The number of azide groups is 1. The van der Waals surface area contributed by atoms with Gasteiger partial charge in [-0.1, -0.05) is 6.07 Å². The molecule has 0 aromatic heterocycles. The van der Waals surface area contributed by atoms with E-state index in [0.717, 1.165) is 0 Å². The molecule has 0 radical (unpaired) electrons. The molecule has 1 amide bonds. The van der Waals surface area contributed by atoms with Crippen LogP contribution in [0.2, 0.25) is 0 Å². The number of carbonyl (C=O) groups excluding carboxylic acids is 1. The number of amides is 1. The molecule has 0 aliphatic carbocycles. The SMILES string of the molecule is COc1cccc(OC)c1C(=O)N=[N+]=[N-]. The van der Waals surface area contributed by atoms with Crippen LogP contribution >= 0.6 is 0 Å². The van der Waals surface area contributed by atoms with E-state index in [0.29, 0.717) is 11.5 Å². The molecule has 78 valence electrons. The number of carbonyl (C=O) groups is 1. The molecule has 0 N–H and O–H groups in total. The summed E-state index contributed by atoms with van der Waals surface area (Å²) in [5.74, 6) is -0.106. The Kier molecular flexibility index (Phi) is 3.54. The van der Waals surface area contributed by atoms with Crippen LogP contribution in [0.3, 0.4) is 0 Å². The van der Waals surface area contributed by atoms with E-state index in [2.05, 4.69) is 10.0 Å². The minimum absolute atomic E-state index is 0.125. The number of hydrogen-bond donors (Lipinski definition) is 0. The zero-order chi connectivity index (χ0) is 11.3. The molecule has 0 atom stereocenters. The first-order valence-electron chi connectivity index (χ1n) is 4.05. The fourth-order valence-electron chi connectivity index (χ4n) is 1.15. The molecular formula is C9H9N3O3. The first kappa shape index (κ1) is 10.9. The van der Waals surface area contributed by atoms with Gasteiger partial charge in [0, 0.05) is 4.91 Å². The van der Waals surface area contributed by atoms with Crippen molar-refractivity contribution >= 4 is 5.91 Å². The van der Waals surface area contributed by atoms with Crippen molar-refractivity contribution in [3.05, 3.63) is 34.2 Å². The fourth-order valence-corrected chi connectivity index (χ4v) is 1.15. The van der Waals surface area contributed by atoms with Crippen molar-refractivity contribution in [1.29, 1.82) is 0 Å². The van der Waals surface area contributed by atoms with E-state index >= 15 is 0 Å². The van der Waals surface area contributed by atoms with E-state index < -0.39 is 5.91 Å². The average molecular weight is 207 g/mol. The molecule has 15 heavy (non-hydrogen) atoms. The van der Waals surface area contributed by atoms with Crippen LogP contribution in [0.1, 0.15) is 10.4 Å². The van der Waals surface area contributed by atoms with Crippen molar-refractivity contribution < 1.29 is 14.3 Å². The molecule has 0 aliphatic rings. The van der Waals surface area contributed by atoms with Crippen LogP contribution in [0.4, 0.5) is 0 Å². The predicted molar refractivity (Wildman–Crippen MR) is 53.0 cm³/mol. The van der Waals surface area contributed by atoms with Gasteiger partial charge < -0.3 is 9.47 Å². The molecule has 0 aliphatic heterocycles. The predicted octanol–water partition coefficient (Wildman–Crippen LogP) is 2.15. The first-order chi connectivity index (χ1) is 7.24. The molecule has 0 bridgehead atoms. The van der Waals surface area contributed by atoms with Crippen molar-refractivity contribution in [3.8, 4) is 11.5 Å². The number of ether oxygens (including phenoxy) is 2. The molecule has 6 heteroatoms. The Morgan fingerprint density at radius 2 is 1.87 bits per heavy atom. The Balaban J connectivity index is 3.33. The third-order valence-electron chi connectivity index (χ3n) is 1.78. The Bertz CT molecular complexity index is 402. The lowest BCUT2D eigenvalue weighted by Crippen LogP contribution is -2.01. The standard InChI is InChI=1S/C9H9N3O3/c1-14-6-4-3-5-7(15-2)8(6)9(13)11-12-10/h3-5H,1-2H3. The lowest BCUT2D eigenvalue weighted by molar-refractivity contribution is 0.0994. The zero-order valence-corrected chi connectivity index (χ0v) is 8.30. The van der Waals surface area contributed by atoms with Gasteiger partial charge in [0.05, 0.1) is 14.2 Å². The second kappa shape index (κ2) is 4.88. The highest BCUT2D eigenvalue weighted by molar-refractivity contribution is 6.00. The van der Waals surface area contributed by atoms with Gasteiger partial charge in [0.1, 0.15) is 17.1 Å².